The van der Waals surface area contributed by atoms with Gasteiger partial charge in [0, 0.05) is 23.2 Å². The normalized spacial score (nSPS) is 11.8. The molecule has 1 heterocycles. The lowest BCUT2D eigenvalue weighted by Crippen LogP contribution is -2.25. The molecule has 46 heavy (non-hydrogen) atoms. The summed E-state index contributed by atoms with van der Waals surface area (Å²) in [6.07, 6.45) is -9.90. The molecule has 0 spiro atoms. The maximum atomic E-state index is 12.7. The minimum Gasteiger partial charge on any atom is -0.481 e. The van der Waals surface area contributed by atoms with E-state index >= 15 is 0 Å². The van der Waals surface area contributed by atoms with E-state index in [9.17, 15) is 35.9 Å². The number of carbonyl (C=O) groups is 2. The van der Waals surface area contributed by atoms with Crippen LogP contribution in [0.15, 0.2) is 91.0 Å². The lowest BCUT2D eigenvalue weighted by Gasteiger charge is -2.11. The van der Waals surface area contributed by atoms with E-state index in [0.29, 0.717) is 38.9 Å². The fraction of sp³-hybridized carbons (Fsp3) is 0.156. The van der Waals surface area contributed by atoms with Crippen molar-refractivity contribution in [3.63, 3.8) is 0 Å². The minimum absolute atomic E-state index is 0.0267. The third-order valence-corrected chi connectivity index (χ3v) is 6.68. The summed E-state index contributed by atoms with van der Waals surface area (Å²) in [6, 6.07) is 22.5. The lowest BCUT2D eigenvalue weighted by atomic mass is 10.0. The van der Waals surface area contributed by atoms with Gasteiger partial charge in [-0.05, 0) is 77.0 Å². The fourth-order valence-electron chi connectivity index (χ4n) is 4.64. The maximum absolute atomic E-state index is 12.7. The van der Waals surface area contributed by atoms with Gasteiger partial charge in [-0.25, -0.2) is 0 Å². The topological polar surface area (TPSA) is 103 Å². The Kier molecular flexibility index (Phi) is 8.89. The van der Waals surface area contributed by atoms with Crippen LogP contribution in [0.1, 0.15) is 22.3 Å². The summed E-state index contributed by atoms with van der Waals surface area (Å²) >= 11 is 0. The average Bonchev–Trinajstić information content (AvgIpc) is 3.39. The molecule has 0 aliphatic heterocycles. The van der Waals surface area contributed by atoms with Gasteiger partial charge in [0.2, 0.25) is 0 Å². The van der Waals surface area contributed by atoms with E-state index in [1.54, 1.807) is 53.2 Å². The SMILES string of the molecule is O=C(O)CCNC(=O)c1ccc(Cn2nc(-c3ccc(OC(F)(F)F)cc3)cc2-c2ccc3cc(OC(F)(F)F)ccc3c2)cc1. The number of hydrogen-bond donors (Lipinski definition) is 2. The van der Waals surface area contributed by atoms with E-state index in [0.717, 1.165) is 5.56 Å². The zero-order valence-corrected chi connectivity index (χ0v) is 23.5. The summed E-state index contributed by atoms with van der Waals surface area (Å²) in [5.74, 6) is -2.24. The molecule has 5 aromatic rings. The summed E-state index contributed by atoms with van der Waals surface area (Å²) in [6.45, 7) is 0.184. The second-order valence-electron chi connectivity index (χ2n) is 10.0. The van der Waals surface area contributed by atoms with Crippen molar-refractivity contribution in [3.8, 4) is 34.0 Å². The molecule has 0 unspecified atom stereocenters. The zero-order valence-electron chi connectivity index (χ0n) is 23.5. The van der Waals surface area contributed by atoms with Crippen LogP contribution in [0.3, 0.4) is 0 Å². The Labute approximate surface area is 256 Å². The van der Waals surface area contributed by atoms with Crippen LogP contribution in [0.4, 0.5) is 26.3 Å². The second kappa shape index (κ2) is 12.8. The average molecular weight is 644 g/mol. The molecule has 238 valence electrons. The van der Waals surface area contributed by atoms with Crippen molar-refractivity contribution in [2.45, 2.75) is 25.7 Å². The van der Waals surface area contributed by atoms with E-state index in [-0.39, 0.29) is 25.3 Å². The van der Waals surface area contributed by atoms with Crippen LogP contribution in [0.5, 0.6) is 11.5 Å². The molecule has 0 bridgehead atoms. The molecule has 4 aromatic carbocycles. The number of nitrogens with one attached hydrogen (secondary N) is 1. The molecule has 14 heteroatoms. The summed E-state index contributed by atoms with van der Waals surface area (Å²) in [5, 5.41) is 17.1. The van der Waals surface area contributed by atoms with Crippen molar-refractivity contribution in [2.24, 2.45) is 0 Å². The molecule has 1 aromatic heterocycles. The number of rotatable bonds is 10. The first-order chi connectivity index (χ1) is 21.7. The number of amides is 1. The number of halogens is 6. The van der Waals surface area contributed by atoms with Gasteiger partial charge in [0.15, 0.2) is 0 Å². The number of carboxylic acids is 1. The Morgan fingerprint density at radius 2 is 1.33 bits per heavy atom. The number of aliphatic carboxylic acids is 1. The smallest absolute Gasteiger partial charge is 0.481 e. The Hall–Kier alpha value is -5.53. The number of carboxylic acid groups (broad SMARTS) is 1. The van der Waals surface area contributed by atoms with E-state index in [4.69, 9.17) is 5.11 Å². The van der Waals surface area contributed by atoms with Crippen molar-refractivity contribution in [3.05, 3.63) is 102 Å². The van der Waals surface area contributed by atoms with Crippen molar-refractivity contribution in [2.75, 3.05) is 6.54 Å². The van der Waals surface area contributed by atoms with Crippen LogP contribution >= 0.6 is 0 Å². The van der Waals surface area contributed by atoms with Crippen LogP contribution in [-0.4, -0.2) is 46.0 Å². The third-order valence-electron chi connectivity index (χ3n) is 6.68. The van der Waals surface area contributed by atoms with Gasteiger partial charge in [-0.1, -0.05) is 30.3 Å². The van der Waals surface area contributed by atoms with Gasteiger partial charge in [-0.2, -0.15) is 5.10 Å². The van der Waals surface area contributed by atoms with E-state index in [1.807, 2.05) is 0 Å². The Morgan fingerprint density at radius 1 is 0.739 bits per heavy atom. The lowest BCUT2D eigenvalue weighted by molar-refractivity contribution is -0.275. The maximum Gasteiger partial charge on any atom is 0.573 e. The molecule has 0 atom stereocenters. The molecule has 0 saturated heterocycles. The first-order valence-electron chi connectivity index (χ1n) is 13.6. The summed E-state index contributed by atoms with van der Waals surface area (Å²) in [7, 11) is 0. The predicted molar refractivity (Wildman–Crippen MR) is 154 cm³/mol. The fourth-order valence-corrected chi connectivity index (χ4v) is 4.64. The largest absolute Gasteiger partial charge is 0.573 e. The third kappa shape index (κ3) is 8.34. The molecular formula is C32H23F6N3O5. The Balaban J connectivity index is 1.46. The number of hydrogen-bond acceptors (Lipinski definition) is 5. The minimum atomic E-state index is -4.85. The number of nitrogens with zero attached hydrogens (tertiary/aromatic N) is 2. The molecule has 0 fully saturated rings. The molecule has 0 aliphatic carbocycles. The van der Waals surface area contributed by atoms with Crippen molar-refractivity contribution < 1.29 is 50.5 Å². The van der Waals surface area contributed by atoms with Crippen LogP contribution in [0, 0.1) is 0 Å². The van der Waals surface area contributed by atoms with Gasteiger partial charge in [-0.15, -0.1) is 26.3 Å². The molecule has 2 N–H and O–H groups in total. The molecule has 1 amide bonds. The highest BCUT2D eigenvalue weighted by molar-refractivity contribution is 5.94. The number of alkyl halides is 6. The Bertz CT molecular complexity index is 1870. The van der Waals surface area contributed by atoms with E-state index in [2.05, 4.69) is 19.9 Å². The van der Waals surface area contributed by atoms with Gasteiger partial charge in [0.05, 0.1) is 24.4 Å². The van der Waals surface area contributed by atoms with E-state index < -0.39 is 30.4 Å². The van der Waals surface area contributed by atoms with Crippen LogP contribution in [0.25, 0.3) is 33.3 Å². The number of benzene rings is 4. The number of ether oxygens (including phenoxy) is 2. The van der Waals surface area contributed by atoms with Crippen molar-refractivity contribution in [1.82, 2.24) is 15.1 Å². The molecule has 8 nitrogen and oxygen atoms in total. The van der Waals surface area contributed by atoms with Crippen molar-refractivity contribution >= 4 is 22.6 Å². The van der Waals surface area contributed by atoms with Gasteiger partial charge in [0.1, 0.15) is 11.5 Å². The number of carbonyl (C=O) groups excluding carboxylic acids is 1. The summed E-state index contributed by atoms with van der Waals surface area (Å²) < 4.78 is 85.6. The highest BCUT2D eigenvalue weighted by Gasteiger charge is 2.32. The highest BCUT2D eigenvalue weighted by atomic mass is 19.4. The van der Waals surface area contributed by atoms with Gasteiger partial charge < -0.3 is 19.9 Å². The Morgan fingerprint density at radius 3 is 1.98 bits per heavy atom. The molecule has 0 aliphatic rings. The molecule has 5 rings (SSSR count). The monoisotopic (exact) mass is 643 g/mol. The molecule has 0 saturated carbocycles. The first kappa shape index (κ1) is 31.9. The number of fused-ring (bicyclic) bond motifs is 1. The molecule has 0 radical (unpaired) electrons. The number of aromatic nitrogens is 2. The van der Waals surface area contributed by atoms with Crippen LogP contribution in [-0.2, 0) is 11.3 Å². The standard InChI is InChI=1S/C32H23F6N3O5/c33-31(34,35)45-25-10-7-20(8-11-25)27-17-28(24-6-5-23-16-26(46-32(36,37)38)12-9-22(23)15-24)41(40-27)18-19-1-3-21(4-2-19)30(44)39-14-13-29(42)43/h1-12,15-17H,13-14,18H2,(H,39,44)(H,42,43). The van der Waals surface area contributed by atoms with Crippen molar-refractivity contribution in [1.29, 1.82) is 0 Å². The summed E-state index contributed by atoms with van der Waals surface area (Å²) in [5.41, 5.74) is 3.23. The van der Waals surface area contributed by atoms with Crippen LogP contribution in [0.2, 0.25) is 0 Å². The van der Waals surface area contributed by atoms with Crippen LogP contribution < -0.4 is 14.8 Å². The van der Waals surface area contributed by atoms with Gasteiger partial charge in [0.25, 0.3) is 5.91 Å². The second-order valence-corrected chi connectivity index (χ2v) is 10.0. The van der Waals surface area contributed by atoms with Gasteiger partial charge >= 0.3 is 18.7 Å². The van der Waals surface area contributed by atoms with E-state index in [1.165, 1.54) is 42.5 Å². The summed E-state index contributed by atoms with van der Waals surface area (Å²) in [4.78, 5) is 23.0. The predicted octanol–water partition coefficient (Wildman–Crippen LogP) is 7.42. The quantitative estimate of drug-likeness (QED) is 0.154. The first-order valence-corrected chi connectivity index (χ1v) is 13.6. The zero-order chi connectivity index (χ0) is 33.1. The molecular weight excluding hydrogens is 620 g/mol. The van der Waals surface area contributed by atoms with Gasteiger partial charge in [-0.3, -0.25) is 14.3 Å². The highest BCUT2D eigenvalue weighted by Crippen LogP contribution is 2.33.